The molecule has 0 spiro atoms. The fourth-order valence-corrected chi connectivity index (χ4v) is 0.603. The highest BCUT2D eigenvalue weighted by molar-refractivity contribution is 5.80. The van der Waals surface area contributed by atoms with Crippen LogP contribution in [0.4, 0.5) is 0 Å². The van der Waals surface area contributed by atoms with Gasteiger partial charge in [-0.25, -0.2) is 4.79 Å². The maximum absolute atomic E-state index is 9.73. The van der Waals surface area contributed by atoms with E-state index in [-0.39, 0.29) is 12.7 Å². The van der Waals surface area contributed by atoms with Crippen LogP contribution in [0.15, 0.2) is 11.6 Å². The maximum atomic E-state index is 9.73. The molecule has 0 aliphatic rings. The number of carboxylic acids is 1. The van der Waals surface area contributed by atoms with Crippen LogP contribution in [0.1, 0.15) is 27.7 Å². The van der Waals surface area contributed by atoms with Crippen molar-refractivity contribution < 1.29 is 24.9 Å². The molecule has 0 aromatic rings. The van der Waals surface area contributed by atoms with Gasteiger partial charge >= 0.3 is 5.97 Å². The summed E-state index contributed by atoms with van der Waals surface area (Å²) in [7, 11) is 0. The molecule has 2 atom stereocenters. The minimum Gasteiger partial charge on any atom is -0.478 e. The number of hydrogen-bond donors (Lipinski definition) is 3. The van der Waals surface area contributed by atoms with Gasteiger partial charge in [-0.15, -0.1) is 0 Å². The summed E-state index contributed by atoms with van der Waals surface area (Å²) < 4.78 is 4.95. The largest absolute Gasteiger partial charge is 0.478 e. The zero-order valence-electron chi connectivity index (χ0n) is 10.3. The fraction of sp³-hybridized carbons (Fsp3) is 0.727. The Hall–Kier alpha value is -0.910. The molecule has 0 radical (unpaired) electrons. The van der Waals surface area contributed by atoms with Crippen LogP contribution in [0.25, 0.3) is 0 Å². The summed E-state index contributed by atoms with van der Waals surface area (Å²) in [6, 6.07) is 0. The zero-order valence-corrected chi connectivity index (χ0v) is 10.3. The molecule has 3 N–H and O–H groups in total. The highest BCUT2D eigenvalue weighted by Crippen LogP contribution is 1.90. The summed E-state index contributed by atoms with van der Waals surface area (Å²) in [5.41, 5.74) is 0.813. The molecular weight excluding hydrogens is 212 g/mol. The number of hydrogen-bond acceptors (Lipinski definition) is 4. The maximum Gasteiger partial charge on any atom is 0.328 e. The van der Waals surface area contributed by atoms with Gasteiger partial charge in [0.2, 0.25) is 0 Å². The quantitative estimate of drug-likeness (QED) is 0.612. The Balaban J connectivity index is 0. The van der Waals surface area contributed by atoms with E-state index >= 15 is 0 Å². The van der Waals surface area contributed by atoms with E-state index in [1.807, 2.05) is 0 Å². The number of aliphatic carboxylic acids is 1. The van der Waals surface area contributed by atoms with E-state index < -0.39 is 12.1 Å². The second-order valence-electron chi connectivity index (χ2n) is 3.74. The van der Waals surface area contributed by atoms with E-state index in [1.165, 1.54) is 6.08 Å². The van der Waals surface area contributed by atoms with Crippen LogP contribution in [0.5, 0.6) is 0 Å². The van der Waals surface area contributed by atoms with E-state index in [0.717, 1.165) is 5.57 Å². The average molecular weight is 234 g/mol. The zero-order chi connectivity index (χ0) is 13.1. The van der Waals surface area contributed by atoms with Gasteiger partial charge in [-0.05, 0) is 27.7 Å². The van der Waals surface area contributed by atoms with Crippen LogP contribution < -0.4 is 0 Å². The van der Waals surface area contributed by atoms with Gasteiger partial charge in [-0.1, -0.05) is 5.57 Å². The summed E-state index contributed by atoms with van der Waals surface area (Å²) in [5, 5.41) is 25.1. The average Bonchev–Trinajstić information content (AvgIpc) is 2.12. The molecule has 5 nitrogen and oxygen atoms in total. The van der Waals surface area contributed by atoms with Gasteiger partial charge in [0, 0.05) is 6.08 Å². The molecule has 0 aromatic carbocycles. The van der Waals surface area contributed by atoms with E-state index in [4.69, 9.17) is 20.1 Å². The Morgan fingerprint density at radius 2 is 1.88 bits per heavy atom. The fourth-order valence-electron chi connectivity index (χ4n) is 0.603. The number of rotatable bonds is 5. The van der Waals surface area contributed by atoms with Crippen molar-refractivity contribution in [2.24, 2.45) is 0 Å². The Labute approximate surface area is 96.4 Å². The van der Waals surface area contributed by atoms with Crippen molar-refractivity contribution in [1.82, 2.24) is 0 Å². The van der Waals surface area contributed by atoms with Gasteiger partial charge in [-0.3, -0.25) is 0 Å². The molecular formula is C11H22O5. The molecule has 96 valence electrons. The monoisotopic (exact) mass is 234 g/mol. The van der Waals surface area contributed by atoms with Crippen molar-refractivity contribution >= 4 is 5.97 Å². The molecule has 0 aromatic heterocycles. The number of carbonyl (C=O) groups is 1. The standard InChI is InChI=1S/C6H14O3.C5H8O2/c1-5(8)4-9-6(2)3-7;1-4(2)3-5(6)7/h5-8H,3-4H2,1-2H3;3H,1-2H3,(H,6,7). The summed E-state index contributed by atoms with van der Waals surface area (Å²) in [5.74, 6) is -0.875. The lowest BCUT2D eigenvalue weighted by Crippen LogP contribution is -2.19. The van der Waals surface area contributed by atoms with E-state index in [0.29, 0.717) is 6.61 Å². The van der Waals surface area contributed by atoms with Crippen molar-refractivity contribution in [3.8, 4) is 0 Å². The number of aliphatic hydroxyl groups excluding tert-OH is 2. The van der Waals surface area contributed by atoms with Crippen LogP contribution in [-0.4, -0.2) is 46.7 Å². The lowest BCUT2D eigenvalue weighted by Gasteiger charge is -2.10. The molecule has 0 saturated carbocycles. The van der Waals surface area contributed by atoms with Gasteiger partial charge in [0.1, 0.15) is 0 Å². The van der Waals surface area contributed by atoms with Crippen molar-refractivity contribution in [1.29, 1.82) is 0 Å². The lowest BCUT2D eigenvalue weighted by atomic mass is 10.3. The lowest BCUT2D eigenvalue weighted by molar-refractivity contribution is -0.131. The number of aliphatic hydroxyl groups is 2. The third kappa shape index (κ3) is 18.8. The van der Waals surface area contributed by atoms with Gasteiger partial charge in [0.05, 0.1) is 25.4 Å². The molecule has 5 heteroatoms. The Bertz CT molecular complexity index is 206. The second-order valence-corrected chi connectivity index (χ2v) is 3.74. The Kier molecular flexibility index (Phi) is 11.6. The van der Waals surface area contributed by atoms with Crippen LogP contribution in [0.2, 0.25) is 0 Å². The van der Waals surface area contributed by atoms with Gasteiger partial charge in [-0.2, -0.15) is 0 Å². The second kappa shape index (κ2) is 10.6. The molecule has 0 heterocycles. The highest BCUT2D eigenvalue weighted by atomic mass is 16.5. The molecule has 2 unspecified atom stereocenters. The topological polar surface area (TPSA) is 87.0 Å². The molecule has 0 amide bonds. The van der Waals surface area contributed by atoms with E-state index in [9.17, 15) is 4.79 Å². The van der Waals surface area contributed by atoms with Gasteiger partial charge in [0.15, 0.2) is 0 Å². The summed E-state index contributed by atoms with van der Waals surface area (Å²) in [4.78, 5) is 9.73. The van der Waals surface area contributed by atoms with E-state index in [1.54, 1.807) is 27.7 Å². The first-order valence-corrected chi connectivity index (χ1v) is 5.08. The number of carboxylic acid groups (broad SMARTS) is 1. The van der Waals surface area contributed by atoms with Crippen molar-refractivity contribution in [2.75, 3.05) is 13.2 Å². The first-order chi connectivity index (χ1) is 7.29. The van der Waals surface area contributed by atoms with Crippen LogP contribution in [-0.2, 0) is 9.53 Å². The molecule has 0 aliphatic carbocycles. The first kappa shape index (κ1) is 17.5. The smallest absolute Gasteiger partial charge is 0.328 e. The summed E-state index contributed by atoms with van der Waals surface area (Å²) in [6.45, 7) is 7.18. The molecule has 0 saturated heterocycles. The molecule has 0 bridgehead atoms. The first-order valence-electron chi connectivity index (χ1n) is 5.08. The third-order valence-corrected chi connectivity index (χ3v) is 1.29. The predicted octanol–water partition coefficient (Wildman–Crippen LogP) is 0.802. The van der Waals surface area contributed by atoms with E-state index in [2.05, 4.69) is 0 Å². The van der Waals surface area contributed by atoms with Crippen molar-refractivity contribution in [3.63, 3.8) is 0 Å². The minimum atomic E-state index is -0.875. The summed E-state index contributed by atoms with van der Waals surface area (Å²) in [6.07, 6.45) is 0.554. The van der Waals surface area contributed by atoms with Gasteiger partial charge < -0.3 is 20.1 Å². The highest BCUT2D eigenvalue weighted by Gasteiger charge is 2.00. The van der Waals surface area contributed by atoms with Crippen molar-refractivity contribution in [2.45, 2.75) is 39.9 Å². The van der Waals surface area contributed by atoms with Crippen LogP contribution >= 0.6 is 0 Å². The van der Waals surface area contributed by atoms with Crippen LogP contribution in [0.3, 0.4) is 0 Å². The minimum absolute atomic E-state index is 0.00667. The molecule has 16 heavy (non-hydrogen) atoms. The molecule has 0 aliphatic heterocycles. The number of ether oxygens (including phenoxy) is 1. The SMILES string of the molecule is CC(C)=CC(=O)O.CC(O)COC(C)CO. The van der Waals surface area contributed by atoms with Crippen molar-refractivity contribution in [3.05, 3.63) is 11.6 Å². The summed E-state index contributed by atoms with van der Waals surface area (Å²) >= 11 is 0. The van der Waals surface area contributed by atoms with Gasteiger partial charge in [0.25, 0.3) is 0 Å². The number of allylic oxidation sites excluding steroid dienone is 1. The molecule has 0 rings (SSSR count). The molecule has 0 fully saturated rings. The normalized spacial score (nSPS) is 13.1. The van der Waals surface area contributed by atoms with Crippen LogP contribution in [0, 0.1) is 0 Å². The predicted molar refractivity (Wildman–Crippen MR) is 61.2 cm³/mol. The Morgan fingerprint density at radius 1 is 1.38 bits per heavy atom. The Morgan fingerprint density at radius 3 is 2.06 bits per heavy atom. The third-order valence-electron chi connectivity index (χ3n) is 1.29.